The molecule has 0 aliphatic rings. The first-order valence-corrected chi connectivity index (χ1v) is 11.2. The van der Waals surface area contributed by atoms with Crippen LogP contribution in [0, 0.1) is 18.3 Å². The maximum Gasteiger partial charge on any atom is 0.354 e. The summed E-state index contributed by atoms with van der Waals surface area (Å²) < 4.78 is 7.91. The van der Waals surface area contributed by atoms with Crippen LogP contribution in [0.3, 0.4) is 0 Å². The Balaban J connectivity index is 1.62. The Labute approximate surface area is 210 Å². The number of rotatable bonds is 9. The molecule has 0 amide bonds. The normalized spacial score (nSPS) is 10.5. The SMILES string of the molecule is Cc1ccc(Cn2c(Nc3ccc(Oc4cccc(C(=O)O)n4)cc3)nc(=O)n(CCC#N)c2=O)cc1. The molecule has 4 rings (SSSR count). The molecule has 2 aromatic heterocycles. The van der Waals surface area contributed by atoms with E-state index in [0.717, 1.165) is 15.7 Å². The molecule has 37 heavy (non-hydrogen) atoms. The summed E-state index contributed by atoms with van der Waals surface area (Å²) in [5.41, 5.74) is 0.952. The molecule has 2 N–H and O–H groups in total. The molecular formula is C26H22N6O5. The van der Waals surface area contributed by atoms with Gasteiger partial charge in [-0.1, -0.05) is 35.9 Å². The third-order valence-corrected chi connectivity index (χ3v) is 5.33. The van der Waals surface area contributed by atoms with Crippen molar-refractivity contribution in [3.8, 4) is 17.7 Å². The number of hydrogen-bond donors (Lipinski definition) is 2. The van der Waals surface area contributed by atoms with E-state index in [9.17, 15) is 14.4 Å². The first-order valence-electron chi connectivity index (χ1n) is 11.2. The summed E-state index contributed by atoms with van der Waals surface area (Å²) in [5.74, 6) is -0.593. The van der Waals surface area contributed by atoms with E-state index in [4.69, 9.17) is 15.1 Å². The predicted molar refractivity (Wildman–Crippen MR) is 134 cm³/mol. The lowest BCUT2D eigenvalue weighted by atomic mass is 10.1. The number of anilines is 2. The van der Waals surface area contributed by atoms with Crippen LogP contribution >= 0.6 is 0 Å². The van der Waals surface area contributed by atoms with Crippen LogP contribution in [0.5, 0.6) is 11.6 Å². The van der Waals surface area contributed by atoms with Gasteiger partial charge in [-0.3, -0.25) is 4.57 Å². The van der Waals surface area contributed by atoms with Crippen molar-refractivity contribution < 1.29 is 14.6 Å². The molecule has 0 radical (unpaired) electrons. The Kier molecular flexibility index (Phi) is 7.40. The predicted octanol–water partition coefficient (Wildman–Crippen LogP) is 3.30. The molecular weight excluding hydrogens is 476 g/mol. The molecule has 0 aliphatic heterocycles. The van der Waals surface area contributed by atoms with E-state index in [0.29, 0.717) is 11.4 Å². The van der Waals surface area contributed by atoms with E-state index in [1.165, 1.54) is 22.8 Å². The molecule has 2 heterocycles. The minimum absolute atomic E-state index is 0.000173. The molecule has 0 saturated carbocycles. The highest BCUT2D eigenvalue weighted by Gasteiger charge is 2.14. The molecule has 11 nitrogen and oxygen atoms in total. The Morgan fingerprint density at radius 3 is 2.43 bits per heavy atom. The smallest absolute Gasteiger partial charge is 0.354 e. The van der Waals surface area contributed by atoms with Crippen molar-refractivity contribution in [1.29, 1.82) is 5.26 Å². The molecule has 0 bridgehead atoms. The fraction of sp³-hybridized carbons (Fsp3) is 0.154. The number of aromatic nitrogens is 4. The van der Waals surface area contributed by atoms with Crippen molar-refractivity contribution in [1.82, 2.24) is 19.1 Å². The average molecular weight is 498 g/mol. The number of carboxylic acid groups (broad SMARTS) is 1. The number of benzene rings is 2. The summed E-state index contributed by atoms with van der Waals surface area (Å²) in [6.07, 6.45) is -0.000173. The van der Waals surface area contributed by atoms with E-state index >= 15 is 0 Å². The van der Waals surface area contributed by atoms with Crippen LogP contribution in [0.4, 0.5) is 11.6 Å². The van der Waals surface area contributed by atoms with Crippen molar-refractivity contribution >= 4 is 17.6 Å². The molecule has 0 aliphatic carbocycles. The minimum Gasteiger partial charge on any atom is -0.477 e. The summed E-state index contributed by atoms with van der Waals surface area (Å²) >= 11 is 0. The average Bonchev–Trinajstić information content (AvgIpc) is 2.88. The van der Waals surface area contributed by atoms with Crippen LogP contribution in [-0.2, 0) is 13.1 Å². The van der Waals surface area contributed by atoms with E-state index in [1.807, 2.05) is 37.3 Å². The molecule has 0 spiro atoms. The van der Waals surface area contributed by atoms with E-state index in [-0.39, 0.29) is 37.0 Å². The summed E-state index contributed by atoms with van der Waals surface area (Å²) in [5, 5.41) is 21.0. The van der Waals surface area contributed by atoms with Crippen LogP contribution in [0.1, 0.15) is 28.0 Å². The Morgan fingerprint density at radius 2 is 1.76 bits per heavy atom. The Morgan fingerprint density at radius 1 is 1.03 bits per heavy atom. The molecule has 0 atom stereocenters. The van der Waals surface area contributed by atoms with Gasteiger partial charge in [-0.15, -0.1) is 0 Å². The zero-order valence-corrected chi connectivity index (χ0v) is 19.8. The van der Waals surface area contributed by atoms with Gasteiger partial charge in [0.25, 0.3) is 0 Å². The van der Waals surface area contributed by atoms with Crippen LogP contribution in [0.25, 0.3) is 0 Å². The third-order valence-electron chi connectivity index (χ3n) is 5.33. The lowest BCUT2D eigenvalue weighted by Crippen LogP contribution is -2.42. The summed E-state index contributed by atoms with van der Waals surface area (Å²) in [6, 6.07) is 20.5. The highest BCUT2D eigenvalue weighted by molar-refractivity contribution is 5.85. The largest absolute Gasteiger partial charge is 0.477 e. The van der Waals surface area contributed by atoms with Crippen LogP contribution < -0.4 is 21.4 Å². The van der Waals surface area contributed by atoms with Gasteiger partial charge < -0.3 is 15.2 Å². The van der Waals surface area contributed by atoms with Gasteiger partial charge in [0.2, 0.25) is 11.8 Å². The molecule has 11 heteroatoms. The molecule has 0 unspecified atom stereocenters. The van der Waals surface area contributed by atoms with E-state index < -0.39 is 17.3 Å². The first kappa shape index (κ1) is 24.9. The number of nitrogens with zero attached hydrogens (tertiary/aromatic N) is 5. The second-order valence-electron chi connectivity index (χ2n) is 8.05. The molecule has 2 aromatic carbocycles. The first-order chi connectivity index (χ1) is 17.8. The fourth-order valence-electron chi connectivity index (χ4n) is 3.44. The lowest BCUT2D eigenvalue weighted by Gasteiger charge is -2.15. The lowest BCUT2D eigenvalue weighted by molar-refractivity contribution is 0.0689. The highest BCUT2D eigenvalue weighted by atomic mass is 16.5. The Bertz CT molecular complexity index is 1580. The number of pyridine rings is 1. The number of aryl methyl sites for hydroxylation is 1. The van der Waals surface area contributed by atoms with Crippen molar-refractivity contribution in [2.45, 2.75) is 26.4 Å². The van der Waals surface area contributed by atoms with E-state index in [2.05, 4.69) is 15.3 Å². The van der Waals surface area contributed by atoms with Gasteiger partial charge >= 0.3 is 17.3 Å². The van der Waals surface area contributed by atoms with E-state index in [1.54, 1.807) is 24.3 Å². The summed E-state index contributed by atoms with van der Waals surface area (Å²) in [7, 11) is 0. The highest BCUT2D eigenvalue weighted by Crippen LogP contribution is 2.23. The molecule has 0 fully saturated rings. The maximum absolute atomic E-state index is 13.2. The van der Waals surface area contributed by atoms with Crippen LogP contribution in [0.2, 0.25) is 0 Å². The second kappa shape index (κ2) is 11.0. The molecule has 4 aromatic rings. The van der Waals surface area contributed by atoms with Crippen LogP contribution in [0.15, 0.2) is 76.3 Å². The number of aromatic carboxylic acids is 1. The number of nitrogens with one attached hydrogen (secondary N) is 1. The molecule has 0 saturated heterocycles. The van der Waals surface area contributed by atoms with Crippen LogP contribution in [-0.4, -0.2) is 30.2 Å². The standard InChI is InChI=1S/C26H22N6O5/c1-17-6-8-18(9-7-17)16-32-24(30-25(35)31(26(32)36)15-3-14-27)28-19-10-12-20(13-11-19)37-22-5-2-4-21(29-22)23(33)34/h2,4-13H,3,15-16H2,1H3,(H,33,34)(H,28,30,35). The van der Waals surface area contributed by atoms with Crippen molar-refractivity contribution in [2.75, 3.05) is 5.32 Å². The number of carboxylic acids is 1. The summed E-state index contributed by atoms with van der Waals surface area (Å²) in [6.45, 7) is 2.06. The minimum atomic E-state index is -1.16. The zero-order chi connectivity index (χ0) is 26.4. The third kappa shape index (κ3) is 6.07. The number of ether oxygens (including phenoxy) is 1. The van der Waals surface area contributed by atoms with Gasteiger partial charge in [-0.25, -0.2) is 23.9 Å². The van der Waals surface area contributed by atoms with Crippen molar-refractivity contribution in [2.24, 2.45) is 0 Å². The quantitative estimate of drug-likeness (QED) is 0.354. The number of hydrogen-bond acceptors (Lipinski definition) is 8. The summed E-state index contributed by atoms with van der Waals surface area (Å²) in [4.78, 5) is 44.8. The zero-order valence-electron chi connectivity index (χ0n) is 19.8. The number of carbonyl (C=O) groups is 1. The monoisotopic (exact) mass is 498 g/mol. The van der Waals surface area contributed by atoms with Gasteiger partial charge in [0.15, 0.2) is 5.69 Å². The number of nitriles is 1. The Hall–Kier alpha value is -5.24. The van der Waals surface area contributed by atoms with Gasteiger partial charge in [0, 0.05) is 18.3 Å². The maximum atomic E-state index is 13.2. The second-order valence-corrected chi connectivity index (χ2v) is 8.05. The molecule has 186 valence electrons. The van der Waals surface area contributed by atoms with Gasteiger partial charge in [0.05, 0.1) is 19.0 Å². The fourth-order valence-corrected chi connectivity index (χ4v) is 3.44. The topological polar surface area (TPSA) is 152 Å². The van der Waals surface area contributed by atoms with Gasteiger partial charge in [0.1, 0.15) is 5.75 Å². The van der Waals surface area contributed by atoms with Gasteiger partial charge in [-0.2, -0.15) is 10.2 Å². The van der Waals surface area contributed by atoms with Crippen molar-refractivity contribution in [3.05, 3.63) is 105 Å². The van der Waals surface area contributed by atoms with Crippen molar-refractivity contribution in [3.63, 3.8) is 0 Å². The van der Waals surface area contributed by atoms with Gasteiger partial charge in [-0.05, 0) is 42.8 Å².